The van der Waals surface area contributed by atoms with Crippen LogP contribution in [0.2, 0.25) is 5.02 Å². The zero-order chi connectivity index (χ0) is 21.7. The lowest BCUT2D eigenvalue weighted by molar-refractivity contribution is -0.145. The largest absolute Gasteiger partial charge is 0.482 e. The fourth-order valence-corrected chi connectivity index (χ4v) is 3.72. The molecular weight excluding hydrogens is 426 g/mol. The van der Waals surface area contributed by atoms with Gasteiger partial charge in [0.05, 0.1) is 18.2 Å². The van der Waals surface area contributed by atoms with E-state index in [1.807, 2.05) is 32.0 Å². The Kier molecular flexibility index (Phi) is 7.23. The first-order valence-corrected chi connectivity index (χ1v) is 10.7. The smallest absolute Gasteiger partial charge is 0.351 e. The van der Waals surface area contributed by atoms with Crippen LogP contribution in [0, 0.1) is 13.8 Å². The molecule has 158 valence electrons. The lowest BCUT2D eigenvalue weighted by Gasteiger charge is -2.10. The van der Waals surface area contributed by atoms with Crippen molar-refractivity contribution < 1.29 is 14.3 Å². The Labute approximate surface area is 183 Å². The summed E-state index contributed by atoms with van der Waals surface area (Å²) < 4.78 is 13.2. The van der Waals surface area contributed by atoms with Crippen LogP contribution in [-0.2, 0) is 15.4 Å². The summed E-state index contributed by atoms with van der Waals surface area (Å²) in [6.07, 6.45) is 1.50. The summed E-state index contributed by atoms with van der Waals surface area (Å²) in [4.78, 5) is 25.0. The van der Waals surface area contributed by atoms with Crippen molar-refractivity contribution in [2.24, 2.45) is 0 Å². The van der Waals surface area contributed by atoms with Gasteiger partial charge in [0.2, 0.25) is 0 Å². The molecule has 1 heterocycles. The van der Waals surface area contributed by atoms with Gasteiger partial charge in [-0.2, -0.15) is 5.10 Å². The van der Waals surface area contributed by atoms with Crippen LogP contribution in [0.25, 0.3) is 5.69 Å². The summed E-state index contributed by atoms with van der Waals surface area (Å²) >= 11 is 7.54. The molecule has 0 aliphatic rings. The molecule has 0 fully saturated rings. The van der Waals surface area contributed by atoms with E-state index < -0.39 is 5.97 Å². The maximum Gasteiger partial charge on any atom is 0.351 e. The van der Waals surface area contributed by atoms with Gasteiger partial charge in [0.25, 0.3) is 0 Å². The molecule has 7 nitrogen and oxygen atoms in total. The molecule has 30 heavy (non-hydrogen) atoms. The minimum absolute atomic E-state index is 0.127. The molecule has 0 saturated heterocycles. The summed E-state index contributed by atoms with van der Waals surface area (Å²) in [7, 11) is 0. The Hall–Kier alpha value is -2.71. The molecular formula is C21H22ClN3O4S. The second-order valence-corrected chi connectivity index (χ2v) is 7.94. The van der Waals surface area contributed by atoms with E-state index >= 15 is 0 Å². The summed E-state index contributed by atoms with van der Waals surface area (Å²) in [5, 5.41) is 4.86. The van der Waals surface area contributed by atoms with E-state index in [2.05, 4.69) is 5.10 Å². The number of ether oxygens (including phenoxy) is 2. The first kappa shape index (κ1) is 22.0. The van der Waals surface area contributed by atoms with E-state index in [-0.39, 0.29) is 12.3 Å². The average molecular weight is 448 g/mol. The SMILES string of the molecule is CCOC(=O)COc1ccc(SCn2ncn(-c3ccc(Cl)c(C)c3)c2=O)cc1C. The van der Waals surface area contributed by atoms with Gasteiger partial charge in [-0.1, -0.05) is 11.6 Å². The van der Waals surface area contributed by atoms with Crippen LogP contribution in [0.1, 0.15) is 18.1 Å². The van der Waals surface area contributed by atoms with Gasteiger partial charge < -0.3 is 9.47 Å². The monoisotopic (exact) mass is 447 g/mol. The van der Waals surface area contributed by atoms with Crippen molar-refractivity contribution in [3.63, 3.8) is 0 Å². The van der Waals surface area contributed by atoms with E-state index in [0.717, 1.165) is 21.7 Å². The van der Waals surface area contributed by atoms with Crippen molar-refractivity contribution in [2.45, 2.75) is 31.5 Å². The number of carbonyl (C=O) groups excluding carboxylic acids is 1. The van der Waals surface area contributed by atoms with Gasteiger partial charge in [-0.3, -0.25) is 0 Å². The predicted octanol–water partition coefficient (Wildman–Crippen LogP) is 4.00. The van der Waals surface area contributed by atoms with Crippen molar-refractivity contribution in [3.05, 3.63) is 69.4 Å². The topological polar surface area (TPSA) is 75.3 Å². The Morgan fingerprint density at radius 1 is 1.17 bits per heavy atom. The predicted molar refractivity (Wildman–Crippen MR) is 117 cm³/mol. The molecule has 0 atom stereocenters. The first-order chi connectivity index (χ1) is 14.4. The summed E-state index contributed by atoms with van der Waals surface area (Å²) in [5.41, 5.74) is 2.27. The molecule has 0 bridgehead atoms. The van der Waals surface area contributed by atoms with Gasteiger partial charge in [0.1, 0.15) is 12.1 Å². The highest BCUT2D eigenvalue weighted by molar-refractivity contribution is 7.98. The molecule has 3 aromatic rings. The molecule has 1 aromatic heterocycles. The van der Waals surface area contributed by atoms with E-state index in [9.17, 15) is 9.59 Å². The number of nitrogens with zero attached hydrogens (tertiary/aromatic N) is 3. The van der Waals surface area contributed by atoms with Crippen molar-refractivity contribution in [1.29, 1.82) is 0 Å². The lowest BCUT2D eigenvalue weighted by Crippen LogP contribution is -2.23. The van der Waals surface area contributed by atoms with E-state index in [1.165, 1.54) is 27.3 Å². The summed E-state index contributed by atoms with van der Waals surface area (Å²) in [6, 6.07) is 11.0. The molecule has 0 unspecified atom stereocenters. The van der Waals surface area contributed by atoms with Crippen molar-refractivity contribution >= 4 is 29.3 Å². The van der Waals surface area contributed by atoms with Crippen LogP contribution in [0.4, 0.5) is 0 Å². The zero-order valence-corrected chi connectivity index (χ0v) is 18.5. The maximum atomic E-state index is 12.7. The molecule has 0 aliphatic heterocycles. The molecule has 2 aromatic carbocycles. The van der Waals surface area contributed by atoms with E-state index in [1.54, 1.807) is 25.1 Å². The number of thioether (sulfide) groups is 1. The molecule has 0 amide bonds. The number of benzene rings is 2. The Balaban J connectivity index is 1.65. The van der Waals surface area contributed by atoms with Gasteiger partial charge in [0.15, 0.2) is 6.61 Å². The highest BCUT2D eigenvalue weighted by Gasteiger charge is 2.10. The minimum atomic E-state index is -0.402. The van der Waals surface area contributed by atoms with Gasteiger partial charge in [-0.25, -0.2) is 18.8 Å². The Morgan fingerprint density at radius 2 is 1.97 bits per heavy atom. The highest BCUT2D eigenvalue weighted by atomic mass is 35.5. The molecule has 0 radical (unpaired) electrons. The van der Waals surface area contributed by atoms with Crippen molar-refractivity contribution in [1.82, 2.24) is 14.3 Å². The number of aromatic nitrogens is 3. The molecule has 0 N–H and O–H groups in total. The van der Waals surface area contributed by atoms with Gasteiger partial charge in [0, 0.05) is 9.92 Å². The van der Waals surface area contributed by atoms with Crippen LogP contribution in [-0.4, -0.2) is 33.5 Å². The number of rotatable bonds is 8. The number of aryl methyl sites for hydroxylation is 2. The quantitative estimate of drug-likeness (QED) is 0.384. The molecule has 0 aliphatic carbocycles. The van der Waals surface area contributed by atoms with Crippen LogP contribution in [0.15, 0.2) is 52.4 Å². The molecule has 3 rings (SSSR count). The third-order valence-electron chi connectivity index (χ3n) is 4.30. The van der Waals surface area contributed by atoms with E-state index in [4.69, 9.17) is 21.1 Å². The Morgan fingerprint density at radius 3 is 2.67 bits per heavy atom. The standard InChI is InChI=1S/C21H22ClN3O4S/c1-4-28-20(26)11-29-19-8-6-17(10-15(19)3)30-13-25-21(27)24(12-23-25)16-5-7-18(22)14(2)9-16/h5-10,12H,4,11,13H2,1-3H3. The van der Waals surface area contributed by atoms with Gasteiger partial charge >= 0.3 is 11.7 Å². The second kappa shape index (κ2) is 9.86. The van der Waals surface area contributed by atoms with Crippen LogP contribution in [0.3, 0.4) is 0 Å². The maximum absolute atomic E-state index is 12.7. The number of hydrogen-bond acceptors (Lipinski definition) is 6. The van der Waals surface area contributed by atoms with Crippen molar-refractivity contribution in [2.75, 3.05) is 13.2 Å². The second-order valence-electron chi connectivity index (χ2n) is 6.51. The molecule has 0 spiro atoms. The first-order valence-electron chi connectivity index (χ1n) is 9.32. The van der Waals surface area contributed by atoms with Crippen molar-refractivity contribution in [3.8, 4) is 11.4 Å². The Bertz CT molecular complexity index is 1110. The van der Waals surface area contributed by atoms with Crippen LogP contribution < -0.4 is 10.4 Å². The highest BCUT2D eigenvalue weighted by Crippen LogP contribution is 2.26. The number of hydrogen-bond donors (Lipinski definition) is 0. The number of halogens is 1. The third kappa shape index (κ3) is 5.25. The zero-order valence-electron chi connectivity index (χ0n) is 16.9. The fourth-order valence-electron chi connectivity index (χ4n) is 2.73. The molecule has 0 saturated carbocycles. The minimum Gasteiger partial charge on any atom is -0.482 e. The third-order valence-corrected chi connectivity index (χ3v) is 5.69. The average Bonchev–Trinajstić information content (AvgIpc) is 3.08. The van der Waals surface area contributed by atoms with Crippen LogP contribution >= 0.6 is 23.4 Å². The normalized spacial score (nSPS) is 10.8. The fraction of sp³-hybridized carbons (Fsp3) is 0.286. The number of esters is 1. The van der Waals surface area contributed by atoms with Gasteiger partial charge in [-0.15, -0.1) is 11.8 Å². The van der Waals surface area contributed by atoms with E-state index in [0.29, 0.717) is 23.3 Å². The van der Waals surface area contributed by atoms with Crippen LogP contribution in [0.5, 0.6) is 5.75 Å². The lowest BCUT2D eigenvalue weighted by atomic mass is 10.2. The molecule has 9 heteroatoms. The van der Waals surface area contributed by atoms with Gasteiger partial charge in [-0.05, 0) is 68.3 Å². The number of carbonyl (C=O) groups is 1. The summed E-state index contributed by atoms with van der Waals surface area (Å²) in [6.45, 7) is 5.73. The summed E-state index contributed by atoms with van der Waals surface area (Å²) in [5.74, 6) is 0.578.